The maximum Gasteiger partial charge on any atom is 0.253 e. The highest BCUT2D eigenvalue weighted by Gasteiger charge is 2.16. The van der Waals surface area contributed by atoms with Gasteiger partial charge < -0.3 is 15.0 Å². The highest BCUT2D eigenvalue weighted by Crippen LogP contribution is 2.07. The fourth-order valence-corrected chi connectivity index (χ4v) is 2.30. The third kappa shape index (κ3) is 2.22. The Kier molecular flexibility index (Phi) is 2.98. The summed E-state index contributed by atoms with van der Waals surface area (Å²) in [5, 5.41) is 6.34. The van der Waals surface area contributed by atoms with Crippen LogP contribution >= 0.6 is 0 Å². The molecule has 1 aliphatic rings. The molecule has 3 rings (SSSR count). The number of nitrogens with zero attached hydrogens (tertiary/aromatic N) is 2. The number of pyridine rings is 1. The topological polar surface area (TPSA) is 58.4 Å². The van der Waals surface area contributed by atoms with Gasteiger partial charge in [-0.2, -0.15) is 0 Å². The first-order valence-corrected chi connectivity index (χ1v) is 6.27. The summed E-state index contributed by atoms with van der Waals surface area (Å²) in [7, 11) is 0. The zero-order chi connectivity index (χ0) is 12.4. The van der Waals surface area contributed by atoms with Crippen molar-refractivity contribution < 1.29 is 4.79 Å². The Bertz CT molecular complexity index is 557. The van der Waals surface area contributed by atoms with Crippen molar-refractivity contribution in [1.29, 1.82) is 0 Å². The van der Waals surface area contributed by atoms with Gasteiger partial charge in [0.25, 0.3) is 5.91 Å². The normalized spacial score (nSPS) is 19.9. The van der Waals surface area contributed by atoms with Crippen LogP contribution in [0.5, 0.6) is 0 Å². The number of carbonyl (C=O) groups is 1. The number of imidazole rings is 1. The molecule has 1 saturated heterocycles. The summed E-state index contributed by atoms with van der Waals surface area (Å²) in [5.41, 5.74) is 1.52. The molecule has 0 spiro atoms. The third-order valence-electron chi connectivity index (χ3n) is 3.28. The summed E-state index contributed by atoms with van der Waals surface area (Å²) in [6, 6.07) is 3.91. The molecule has 2 N–H and O–H groups in total. The molecule has 2 aromatic heterocycles. The zero-order valence-electron chi connectivity index (χ0n) is 10.1. The zero-order valence-corrected chi connectivity index (χ0v) is 10.1. The number of nitrogens with one attached hydrogen (secondary N) is 2. The number of hydrogen-bond donors (Lipinski definition) is 2. The lowest BCUT2D eigenvalue weighted by Crippen LogP contribution is -2.45. The molecule has 0 aromatic carbocycles. The van der Waals surface area contributed by atoms with Crippen molar-refractivity contribution in [2.75, 3.05) is 13.1 Å². The highest BCUT2D eigenvalue weighted by atomic mass is 16.1. The largest absolute Gasteiger partial charge is 0.348 e. The Balaban J connectivity index is 1.74. The van der Waals surface area contributed by atoms with Crippen molar-refractivity contribution in [2.45, 2.75) is 18.9 Å². The van der Waals surface area contributed by atoms with Gasteiger partial charge in [-0.05, 0) is 31.5 Å². The van der Waals surface area contributed by atoms with Gasteiger partial charge >= 0.3 is 0 Å². The number of carbonyl (C=O) groups excluding carboxylic acids is 1. The van der Waals surface area contributed by atoms with Gasteiger partial charge in [0.1, 0.15) is 5.65 Å². The summed E-state index contributed by atoms with van der Waals surface area (Å²) in [6.45, 7) is 1.91. The summed E-state index contributed by atoms with van der Waals surface area (Å²) >= 11 is 0. The summed E-state index contributed by atoms with van der Waals surface area (Å²) in [4.78, 5) is 16.3. The van der Waals surface area contributed by atoms with Gasteiger partial charge in [-0.1, -0.05) is 0 Å². The summed E-state index contributed by atoms with van der Waals surface area (Å²) < 4.78 is 1.86. The van der Waals surface area contributed by atoms with Crippen LogP contribution in [0.1, 0.15) is 23.2 Å². The van der Waals surface area contributed by atoms with E-state index in [0.29, 0.717) is 5.56 Å². The maximum absolute atomic E-state index is 12.1. The molecular formula is C13H16N4O. The SMILES string of the molecule is O=C(NC1CCCNC1)c1ccc2nccn2c1. The average Bonchev–Trinajstić information content (AvgIpc) is 2.87. The van der Waals surface area contributed by atoms with Gasteiger partial charge in [-0.15, -0.1) is 0 Å². The smallest absolute Gasteiger partial charge is 0.253 e. The van der Waals surface area contributed by atoms with Crippen molar-refractivity contribution in [3.8, 4) is 0 Å². The van der Waals surface area contributed by atoms with E-state index in [-0.39, 0.29) is 11.9 Å². The van der Waals surface area contributed by atoms with E-state index in [1.807, 2.05) is 28.9 Å². The van der Waals surface area contributed by atoms with Crippen molar-refractivity contribution in [3.05, 3.63) is 36.3 Å². The molecule has 0 aliphatic carbocycles. The number of hydrogen-bond acceptors (Lipinski definition) is 3. The van der Waals surface area contributed by atoms with Gasteiger partial charge in [0.15, 0.2) is 0 Å². The molecule has 1 unspecified atom stereocenters. The first-order valence-electron chi connectivity index (χ1n) is 6.27. The molecular weight excluding hydrogens is 228 g/mol. The molecule has 5 heteroatoms. The van der Waals surface area contributed by atoms with Gasteiger partial charge in [-0.25, -0.2) is 4.98 Å². The van der Waals surface area contributed by atoms with Gasteiger partial charge in [-0.3, -0.25) is 4.79 Å². The monoisotopic (exact) mass is 244 g/mol. The summed E-state index contributed by atoms with van der Waals surface area (Å²) in [6.07, 6.45) is 7.54. The second-order valence-electron chi connectivity index (χ2n) is 4.63. The molecule has 2 aromatic rings. The maximum atomic E-state index is 12.1. The lowest BCUT2D eigenvalue weighted by molar-refractivity contribution is 0.0930. The van der Waals surface area contributed by atoms with Crippen LogP contribution in [0, 0.1) is 0 Å². The van der Waals surface area contributed by atoms with Crippen molar-refractivity contribution >= 4 is 11.6 Å². The first kappa shape index (κ1) is 11.2. The first-order chi connectivity index (χ1) is 8.83. The predicted molar refractivity (Wildman–Crippen MR) is 68.5 cm³/mol. The molecule has 1 amide bonds. The number of fused-ring (bicyclic) bond motifs is 1. The molecule has 0 saturated carbocycles. The Morgan fingerprint density at radius 2 is 2.44 bits per heavy atom. The average molecular weight is 244 g/mol. The van der Waals surface area contributed by atoms with E-state index in [4.69, 9.17) is 0 Å². The van der Waals surface area contributed by atoms with E-state index in [1.54, 1.807) is 6.20 Å². The van der Waals surface area contributed by atoms with E-state index in [1.165, 1.54) is 0 Å². The van der Waals surface area contributed by atoms with E-state index in [9.17, 15) is 4.79 Å². The Morgan fingerprint density at radius 1 is 1.50 bits per heavy atom. The van der Waals surface area contributed by atoms with Gasteiger partial charge in [0, 0.05) is 31.2 Å². The van der Waals surface area contributed by atoms with E-state index >= 15 is 0 Å². The minimum Gasteiger partial charge on any atom is -0.348 e. The highest BCUT2D eigenvalue weighted by molar-refractivity contribution is 5.94. The second-order valence-corrected chi connectivity index (χ2v) is 4.63. The van der Waals surface area contributed by atoms with Gasteiger partial charge in [0.05, 0.1) is 5.56 Å². The van der Waals surface area contributed by atoms with Crippen molar-refractivity contribution in [2.24, 2.45) is 0 Å². The van der Waals surface area contributed by atoms with Crippen molar-refractivity contribution in [3.63, 3.8) is 0 Å². The van der Waals surface area contributed by atoms with Crippen LogP contribution in [0.2, 0.25) is 0 Å². The van der Waals surface area contributed by atoms with Crippen LogP contribution in [-0.2, 0) is 0 Å². The molecule has 0 radical (unpaired) electrons. The van der Waals surface area contributed by atoms with Crippen LogP contribution in [0.4, 0.5) is 0 Å². The van der Waals surface area contributed by atoms with Crippen LogP contribution < -0.4 is 10.6 Å². The standard InChI is InChI=1S/C13H16N4O/c18-13(16-11-2-1-5-14-8-11)10-3-4-12-15-6-7-17(12)9-10/h3-4,6-7,9,11,14H,1-2,5,8H2,(H,16,18). The van der Waals surface area contributed by atoms with Crippen LogP contribution in [-0.4, -0.2) is 34.4 Å². The molecule has 1 fully saturated rings. The minimum atomic E-state index is -0.0145. The predicted octanol–water partition coefficient (Wildman–Crippen LogP) is 0.816. The van der Waals surface area contributed by atoms with Crippen LogP contribution in [0.15, 0.2) is 30.7 Å². The van der Waals surface area contributed by atoms with E-state index in [0.717, 1.165) is 31.6 Å². The lowest BCUT2D eigenvalue weighted by Gasteiger charge is -2.23. The van der Waals surface area contributed by atoms with Gasteiger partial charge in [0.2, 0.25) is 0 Å². The fraction of sp³-hybridized carbons (Fsp3) is 0.385. The Labute approximate surface area is 105 Å². The molecule has 0 bridgehead atoms. The number of piperidine rings is 1. The van der Waals surface area contributed by atoms with Crippen LogP contribution in [0.25, 0.3) is 5.65 Å². The Morgan fingerprint density at radius 3 is 3.28 bits per heavy atom. The van der Waals surface area contributed by atoms with Crippen molar-refractivity contribution in [1.82, 2.24) is 20.0 Å². The molecule has 3 heterocycles. The Hall–Kier alpha value is -1.88. The molecule has 1 atom stereocenters. The summed E-state index contributed by atoms with van der Waals surface area (Å²) in [5.74, 6) is -0.0145. The van der Waals surface area contributed by atoms with E-state index < -0.39 is 0 Å². The molecule has 18 heavy (non-hydrogen) atoms. The molecule has 5 nitrogen and oxygen atoms in total. The molecule has 1 aliphatic heterocycles. The quantitative estimate of drug-likeness (QED) is 0.822. The number of rotatable bonds is 2. The molecule has 94 valence electrons. The van der Waals surface area contributed by atoms with Crippen LogP contribution in [0.3, 0.4) is 0 Å². The second kappa shape index (κ2) is 4.78. The van der Waals surface area contributed by atoms with E-state index in [2.05, 4.69) is 15.6 Å². The fourth-order valence-electron chi connectivity index (χ4n) is 2.30. The lowest BCUT2D eigenvalue weighted by atomic mass is 10.1. The third-order valence-corrected chi connectivity index (χ3v) is 3.28. The number of aromatic nitrogens is 2. The minimum absolute atomic E-state index is 0.0145. The number of amides is 1.